The van der Waals surface area contributed by atoms with Crippen LogP contribution in [0.2, 0.25) is 0 Å². The molecule has 8 heteroatoms. The molecule has 3 N–H and O–H groups in total. The fourth-order valence-electron chi connectivity index (χ4n) is 2.24. The Morgan fingerprint density at radius 3 is 2.39 bits per heavy atom. The van der Waals surface area contributed by atoms with Gasteiger partial charge in [-0.1, -0.05) is 29.8 Å². The van der Waals surface area contributed by atoms with Gasteiger partial charge in [-0.15, -0.1) is 0 Å². The molecule has 0 aromatic heterocycles. The van der Waals surface area contributed by atoms with Crippen molar-refractivity contribution in [2.45, 2.75) is 13.8 Å². The number of nitrogens with one attached hydrogen (secondary N) is 3. The number of carbonyl (C=O) groups excluding carboxylic acids is 2. The third kappa shape index (κ3) is 6.31. The Labute approximate surface area is 178 Å². The number of carbonyl (C=O) groups is 2. The van der Waals surface area contributed by atoms with Crippen LogP contribution in [0.1, 0.15) is 34.6 Å². The van der Waals surface area contributed by atoms with Crippen LogP contribution in [0.4, 0.5) is 5.69 Å². The molecule has 28 heavy (non-hydrogen) atoms. The highest BCUT2D eigenvalue weighted by molar-refractivity contribution is 9.10. The van der Waals surface area contributed by atoms with Crippen molar-refractivity contribution in [3.8, 4) is 5.75 Å². The van der Waals surface area contributed by atoms with Gasteiger partial charge < -0.3 is 15.4 Å². The Bertz CT molecular complexity index is 869. The van der Waals surface area contributed by atoms with Gasteiger partial charge in [0, 0.05) is 22.8 Å². The van der Waals surface area contributed by atoms with Gasteiger partial charge in [0.25, 0.3) is 11.8 Å². The van der Waals surface area contributed by atoms with E-state index in [0.717, 1.165) is 4.47 Å². The molecule has 0 bridgehead atoms. The summed E-state index contributed by atoms with van der Waals surface area (Å²) in [5, 5.41) is 8.28. The van der Waals surface area contributed by atoms with Crippen LogP contribution < -0.4 is 20.7 Å². The van der Waals surface area contributed by atoms with Crippen LogP contribution in [0.25, 0.3) is 0 Å². The van der Waals surface area contributed by atoms with Gasteiger partial charge in [0.15, 0.2) is 5.11 Å². The molecule has 0 spiro atoms. The molecule has 0 unspecified atom stereocenters. The zero-order valence-electron chi connectivity index (χ0n) is 15.8. The van der Waals surface area contributed by atoms with Gasteiger partial charge >= 0.3 is 0 Å². The second-order valence-corrected chi connectivity index (χ2v) is 7.73. The quantitative estimate of drug-likeness (QED) is 0.564. The number of ether oxygens (including phenoxy) is 1. The Morgan fingerprint density at radius 1 is 1.11 bits per heavy atom. The molecule has 0 saturated heterocycles. The van der Waals surface area contributed by atoms with E-state index in [2.05, 4.69) is 31.9 Å². The molecule has 148 valence electrons. The molecular formula is C20H22BrN3O3S. The van der Waals surface area contributed by atoms with Crippen LogP contribution in [0.5, 0.6) is 5.75 Å². The third-order valence-electron chi connectivity index (χ3n) is 3.62. The summed E-state index contributed by atoms with van der Waals surface area (Å²) in [6.45, 7) is 4.57. The number of amides is 2. The molecule has 0 aliphatic carbocycles. The molecular weight excluding hydrogens is 442 g/mol. The van der Waals surface area contributed by atoms with E-state index in [1.165, 1.54) is 0 Å². The largest absolute Gasteiger partial charge is 0.492 e. The summed E-state index contributed by atoms with van der Waals surface area (Å²) in [7, 11) is 1.57. The van der Waals surface area contributed by atoms with E-state index in [9.17, 15) is 9.59 Å². The highest BCUT2D eigenvalue weighted by Crippen LogP contribution is 2.24. The molecule has 6 nitrogen and oxygen atoms in total. The molecule has 0 heterocycles. The van der Waals surface area contributed by atoms with E-state index in [4.69, 9.17) is 17.0 Å². The molecule has 0 atom stereocenters. The number of halogens is 1. The van der Waals surface area contributed by atoms with E-state index in [-0.39, 0.29) is 16.9 Å². The van der Waals surface area contributed by atoms with Gasteiger partial charge in [0.2, 0.25) is 0 Å². The molecule has 0 radical (unpaired) electrons. The Balaban J connectivity index is 2.05. The van der Waals surface area contributed by atoms with Crippen molar-refractivity contribution in [2.24, 2.45) is 5.92 Å². The van der Waals surface area contributed by atoms with Gasteiger partial charge in [0.1, 0.15) is 5.75 Å². The Morgan fingerprint density at radius 2 is 1.79 bits per heavy atom. The fraction of sp³-hybridized carbons (Fsp3) is 0.250. The van der Waals surface area contributed by atoms with Crippen LogP contribution in [-0.4, -0.2) is 30.6 Å². The zero-order valence-corrected chi connectivity index (χ0v) is 18.2. The predicted octanol–water partition coefficient (Wildman–Crippen LogP) is 3.97. The second-order valence-electron chi connectivity index (χ2n) is 6.41. The molecule has 0 saturated carbocycles. The molecule has 0 aliphatic heterocycles. The first-order valence-electron chi connectivity index (χ1n) is 8.67. The smallest absolute Gasteiger partial charge is 0.261 e. The third-order valence-corrected chi connectivity index (χ3v) is 4.31. The lowest BCUT2D eigenvalue weighted by atomic mass is 10.2. The molecule has 2 rings (SSSR count). The maximum atomic E-state index is 12.7. The predicted molar refractivity (Wildman–Crippen MR) is 118 cm³/mol. The van der Waals surface area contributed by atoms with Crippen LogP contribution in [0.15, 0.2) is 46.9 Å². The highest BCUT2D eigenvalue weighted by atomic mass is 79.9. The van der Waals surface area contributed by atoms with Crippen molar-refractivity contribution in [1.82, 2.24) is 10.6 Å². The van der Waals surface area contributed by atoms with E-state index in [0.29, 0.717) is 35.1 Å². The van der Waals surface area contributed by atoms with Crippen molar-refractivity contribution in [2.75, 3.05) is 19.0 Å². The maximum Gasteiger partial charge on any atom is 0.261 e. The zero-order chi connectivity index (χ0) is 20.7. The number of thiocarbonyl (C=S) groups is 1. The molecule has 2 amide bonds. The van der Waals surface area contributed by atoms with E-state index >= 15 is 0 Å². The van der Waals surface area contributed by atoms with Gasteiger partial charge in [-0.2, -0.15) is 0 Å². The summed E-state index contributed by atoms with van der Waals surface area (Å²) < 4.78 is 6.50. The minimum atomic E-state index is -0.375. The van der Waals surface area contributed by atoms with E-state index < -0.39 is 0 Å². The average molecular weight is 464 g/mol. The van der Waals surface area contributed by atoms with Crippen molar-refractivity contribution in [1.29, 1.82) is 0 Å². The van der Waals surface area contributed by atoms with Crippen molar-refractivity contribution >= 4 is 50.8 Å². The van der Waals surface area contributed by atoms with Gasteiger partial charge in [-0.3, -0.25) is 14.9 Å². The van der Waals surface area contributed by atoms with Gasteiger partial charge in [0.05, 0.1) is 12.2 Å². The molecule has 2 aromatic rings. The van der Waals surface area contributed by atoms with Crippen molar-refractivity contribution in [3.63, 3.8) is 0 Å². The molecule has 0 aliphatic rings. The van der Waals surface area contributed by atoms with Gasteiger partial charge in [-0.05, 0) is 60.6 Å². The first kappa shape index (κ1) is 21.8. The lowest BCUT2D eigenvalue weighted by molar-refractivity contribution is 0.0958. The number of hydrogen-bond acceptors (Lipinski definition) is 4. The average Bonchev–Trinajstić information content (AvgIpc) is 2.66. The number of anilines is 1. The summed E-state index contributed by atoms with van der Waals surface area (Å²) in [5.74, 6) is 0.276. The number of rotatable bonds is 6. The van der Waals surface area contributed by atoms with Gasteiger partial charge in [-0.25, -0.2) is 0 Å². The van der Waals surface area contributed by atoms with Crippen molar-refractivity contribution in [3.05, 3.63) is 58.1 Å². The lowest BCUT2D eigenvalue weighted by Crippen LogP contribution is -2.34. The Hall–Kier alpha value is -2.45. The first-order chi connectivity index (χ1) is 13.3. The molecule has 2 aromatic carbocycles. The fourth-order valence-corrected chi connectivity index (χ4v) is 2.82. The number of benzene rings is 2. The normalized spacial score (nSPS) is 10.3. The van der Waals surface area contributed by atoms with E-state index in [1.54, 1.807) is 43.4 Å². The lowest BCUT2D eigenvalue weighted by Gasteiger charge is -2.14. The summed E-state index contributed by atoms with van der Waals surface area (Å²) in [5.41, 5.74) is 1.57. The summed E-state index contributed by atoms with van der Waals surface area (Å²) in [6.07, 6.45) is 0. The van der Waals surface area contributed by atoms with Crippen LogP contribution in [0.3, 0.4) is 0 Å². The van der Waals surface area contributed by atoms with Crippen LogP contribution in [-0.2, 0) is 0 Å². The molecule has 0 fully saturated rings. The topological polar surface area (TPSA) is 79.5 Å². The van der Waals surface area contributed by atoms with Crippen molar-refractivity contribution < 1.29 is 14.3 Å². The highest BCUT2D eigenvalue weighted by Gasteiger charge is 2.15. The first-order valence-corrected chi connectivity index (χ1v) is 9.87. The summed E-state index contributed by atoms with van der Waals surface area (Å²) in [4.78, 5) is 24.2. The monoisotopic (exact) mass is 463 g/mol. The van der Waals surface area contributed by atoms with Crippen LogP contribution in [0, 0.1) is 5.92 Å². The SMILES string of the molecule is CNC(=O)c1ccc(NC(=S)NC(=O)c2cc(Br)ccc2OCC(C)C)cc1. The van der Waals surface area contributed by atoms with Crippen LogP contribution >= 0.6 is 28.1 Å². The summed E-state index contributed by atoms with van der Waals surface area (Å²) >= 11 is 8.60. The number of hydrogen-bond donors (Lipinski definition) is 3. The standard InChI is InChI=1S/C20H22BrN3O3S/c1-12(2)11-27-17-9-6-14(21)10-16(17)19(26)24-20(28)23-15-7-4-13(5-8-15)18(25)22-3/h4-10,12H,11H2,1-3H3,(H,22,25)(H2,23,24,26,28). The second kappa shape index (κ2) is 10.2. The Kier molecular flexibility index (Phi) is 7.95. The van der Waals surface area contributed by atoms with E-state index in [1.807, 2.05) is 19.9 Å². The minimum absolute atomic E-state index is 0.146. The maximum absolute atomic E-state index is 12.7. The minimum Gasteiger partial charge on any atom is -0.492 e. The summed E-state index contributed by atoms with van der Waals surface area (Å²) in [6, 6.07) is 12.0.